The van der Waals surface area contributed by atoms with Gasteiger partial charge in [0.25, 0.3) is 0 Å². The number of fused-ring (bicyclic) bond motifs is 3. The lowest BCUT2D eigenvalue weighted by Gasteiger charge is -2.11. The van der Waals surface area contributed by atoms with E-state index in [1.165, 1.54) is 10.9 Å². The quantitative estimate of drug-likeness (QED) is 0.176. The molecule has 7 rings (SSSR count). The second-order valence-electron chi connectivity index (χ2n) is 11.9. The maximum absolute atomic E-state index is 6.52. The third-order valence-corrected chi connectivity index (χ3v) is 8.28. The number of ether oxygens (including phenoxy) is 2. The van der Waals surface area contributed by atoms with Crippen LogP contribution in [-0.4, -0.2) is 26.4 Å². The Morgan fingerprint density at radius 3 is 2.36 bits per heavy atom. The summed E-state index contributed by atoms with van der Waals surface area (Å²) in [4.78, 5) is 4.73. The second kappa shape index (κ2) is 11.6. The van der Waals surface area contributed by atoms with Crippen molar-refractivity contribution in [1.29, 1.82) is 0 Å². The number of hydrogen-bond acceptors (Lipinski definition) is 4. The Kier molecular flexibility index (Phi) is 7.34. The molecule has 3 aromatic heterocycles. The minimum absolute atomic E-state index is 0.575. The summed E-state index contributed by atoms with van der Waals surface area (Å²) in [5.74, 6) is 3.61. The van der Waals surface area contributed by atoms with Gasteiger partial charge in [-0.1, -0.05) is 56.3 Å². The highest BCUT2D eigenvalue weighted by atomic mass is 16.5. The maximum Gasteiger partial charge on any atom is 0.141 e. The van der Waals surface area contributed by atoms with Crippen LogP contribution in [0.1, 0.15) is 30.8 Å². The van der Waals surface area contributed by atoms with Gasteiger partial charge < -0.3 is 9.47 Å². The second-order valence-corrected chi connectivity index (χ2v) is 11.9. The fourth-order valence-electron chi connectivity index (χ4n) is 6.34. The molecule has 4 aromatic carbocycles. The van der Waals surface area contributed by atoms with Crippen LogP contribution in [0.5, 0.6) is 17.2 Å². The Morgan fingerprint density at radius 2 is 1.56 bits per heavy atom. The summed E-state index contributed by atoms with van der Waals surface area (Å²) in [5, 5.41) is 7.24. The summed E-state index contributed by atoms with van der Waals surface area (Å²) in [6.07, 6.45) is 2.81. The van der Waals surface area contributed by atoms with Gasteiger partial charge in [0, 0.05) is 46.4 Å². The molecule has 0 unspecified atom stereocenters. The van der Waals surface area contributed by atoms with Crippen LogP contribution in [0.4, 0.5) is 0 Å². The molecule has 224 valence electrons. The average molecular weight is 593 g/mol. The van der Waals surface area contributed by atoms with Gasteiger partial charge >= 0.3 is 0 Å². The van der Waals surface area contributed by atoms with Gasteiger partial charge in [-0.15, -0.1) is 0 Å². The van der Waals surface area contributed by atoms with Crippen molar-refractivity contribution in [2.45, 2.75) is 34.1 Å². The molecule has 6 heteroatoms. The van der Waals surface area contributed by atoms with Crippen molar-refractivity contribution in [2.24, 2.45) is 5.92 Å². The van der Waals surface area contributed by atoms with Crippen molar-refractivity contribution in [1.82, 2.24) is 19.3 Å². The Labute approximate surface area is 263 Å². The van der Waals surface area contributed by atoms with Crippen LogP contribution >= 0.6 is 0 Å². The van der Waals surface area contributed by atoms with Gasteiger partial charge in [-0.05, 0) is 79.8 Å². The number of aryl methyl sites for hydroxylation is 1. The van der Waals surface area contributed by atoms with Crippen LogP contribution in [0.15, 0.2) is 109 Å². The van der Waals surface area contributed by atoms with Crippen molar-refractivity contribution in [3.05, 3.63) is 126 Å². The van der Waals surface area contributed by atoms with E-state index in [1.807, 2.05) is 47.1 Å². The third kappa shape index (κ3) is 5.33. The molecule has 0 saturated carbocycles. The van der Waals surface area contributed by atoms with Gasteiger partial charge in [-0.25, -0.2) is 9.67 Å². The van der Waals surface area contributed by atoms with E-state index in [9.17, 15) is 0 Å². The summed E-state index contributed by atoms with van der Waals surface area (Å²) < 4.78 is 16.3. The molecule has 0 saturated heterocycles. The van der Waals surface area contributed by atoms with Gasteiger partial charge in [0.05, 0.1) is 29.5 Å². The van der Waals surface area contributed by atoms with Crippen molar-refractivity contribution >= 4 is 21.8 Å². The molecule has 0 aliphatic carbocycles. The molecule has 0 spiro atoms. The Balaban J connectivity index is 1.30. The highest BCUT2D eigenvalue weighted by molar-refractivity contribution is 6.09. The van der Waals surface area contributed by atoms with Crippen LogP contribution < -0.4 is 9.47 Å². The predicted octanol–water partition coefficient (Wildman–Crippen LogP) is 9.65. The SMILES string of the molecule is COc1ccnc(-n2c3ccc(CC(C)C)cc3c3ccc(Oc4cccc(-n5nc(C)c(-c6ccccc6)c5C)c4)cc32)c1. The Bertz CT molecular complexity index is 2160. The van der Waals surface area contributed by atoms with Crippen LogP contribution in [-0.2, 0) is 6.42 Å². The van der Waals surface area contributed by atoms with E-state index in [-0.39, 0.29) is 0 Å². The largest absolute Gasteiger partial charge is 0.497 e. The zero-order valence-corrected chi connectivity index (χ0v) is 26.3. The summed E-state index contributed by atoms with van der Waals surface area (Å²) in [6.45, 7) is 8.68. The molecule has 0 atom stereocenters. The van der Waals surface area contributed by atoms with E-state index in [0.717, 1.165) is 74.1 Å². The highest BCUT2D eigenvalue weighted by Gasteiger charge is 2.17. The molecule has 0 fully saturated rings. The Hall–Kier alpha value is -5.36. The van der Waals surface area contributed by atoms with Crippen molar-refractivity contribution in [3.63, 3.8) is 0 Å². The minimum Gasteiger partial charge on any atom is -0.497 e. The van der Waals surface area contributed by atoms with Gasteiger partial charge in [0.15, 0.2) is 0 Å². The molecule has 0 bridgehead atoms. The lowest BCUT2D eigenvalue weighted by atomic mass is 10.0. The van der Waals surface area contributed by atoms with Crippen LogP contribution in [0, 0.1) is 19.8 Å². The first-order chi connectivity index (χ1) is 21.9. The molecule has 0 radical (unpaired) electrons. The summed E-state index contributed by atoms with van der Waals surface area (Å²) in [7, 11) is 1.68. The number of pyridine rings is 1. The lowest BCUT2D eigenvalue weighted by Crippen LogP contribution is -2.00. The number of methoxy groups -OCH3 is 1. The number of benzene rings is 4. The summed E-state index contributed by atoms with van der Waals surface area (Å²) in [6, 6.07) is 35.4. The van der Waals surface area contributed by atoms with E-state index in [0.29, 0.717) is 5.92 Å². The zero-order chi connectivity index (χ0) is 31.1. The van der Waals surface area contributed by atoms with Crippen LogP contribution in [0.25, 0.3) is 44.4 Å². The maximum atomic E-state index is 6.52. The minimum atomic E-state index is 0.575. The standard InChI is InChI=1S/C39H36N4O2/c1-25(2)20-28-14-17-36-35(21-28)34-16-15-33(23-37(34)42(36)38-24-31(44-5)18-19-40-38)45-32-13-9-12-30(22-32)43-27(4)39(26(3)41-43)29-10-7-6-8-11-29/h6-19,21-25H,20H2,1-5H3. The predicted molar refractivity (Wildman–Crippen MR) is 182 cm³/mol. The Morgan fingerprint density at radius 1 is 0.733 bits per heavy atom. The third-order valence-electron chi connectivity index (χ3n) is 8.28. The van der Waals surface area contributed by atoms with E-state index in [4.69, 9.17) is 19.6 Å². The molecular formula is C39H36N4O2. The van der Waals surface area contributed by atoms with Crippen LogP contribution in [0.2, 0.25) is 0 Å². The van der Waals surface area contributed by atoms with Gasteiger partial charge in [0.2, 0.25) is 0 Å². The first-order valence-corrected chi connectivity index (χ1v) is 15.4. The normalized spacial score (nSPS) is 11.5. The van der Waals surface area contributed by atoms with E-state index < -0.39 is 0 Å². The molecular weight excluding hydrogens is 556 g/mol. The molecule has 0 aliphatic rings. The molecule has 45 heavy (non-hydrogen) atoms. The lowest BCUT2D eigenvalue weighted by molar-refractivity contribution is 0.414. The van der Waals surface area contributed by atoms with Gasteiger partial charge in [-0.2, -0.15) is 5.10 Å². The first-order valence-electron chi connectivity index (χ1n) is 15.4. The fraction of sp³-hybridized carbons (Fsp3) is 0.179. The zero-order valence-electron chi connectivity index (χ0n) is 26.3. The van der Waals surface area contributed by atoms with Crippen molar-refractivity contribution < 1.29 is 9.47 Å². The molecule has 7 aromatic rings. The monoisotopic (exact) mass is 592 g/mol. The number of rotatable bonds is 8. The average Bonchev–Trinajstić information content (AvgIpc) is 3.53. The van der Waals surface area contributed by atoms with Gasteiger partial charge in [-0.3, -0.25) is 4.57 Å². The molecule has 0 aliphatic heterocycles. The number of hydrogen-bond donors (Lipinski definition) is 0. The molecule has 0 N–H and O–H groups in total. The van der Waals surface area contributed by atoms with E-state index in [1.54, 1.807) is 13.3 Å². The highest BCUT2D eigenvalue weighted by Crippen LogP contribution is 2.37. The molecule has 3 heterocycles. The molecule has 6 nitrogen and oxygen atoms in total. The smallest absolute Gasteiger partial charge is 0.141 e. The first kappa shape index (κ1) is 28.4. The summed E-state index contributed by atoms with van der Waals surface area (Å²) >= 11 is 0. The molecule has 0 amide bonds. The van der Waals surface area contributed by atoms with Crippen LogP contribution in [0.3, 0.4) is 0 Å². The topological polar surface area (TPSA) is 54.1 Å². The van der Waals surface area contributed by atoms with Crippen molar-refractivity contribution in [3.8, 4) is 39.9 Å². The van der Waals surface area contributed by atoms with E-state index in [2.05, 4.69) is 92.9 Å². The van der Waals surface area contributed by atoms with Gasteiger partial charge in [0.1, 0.15) is 23.1 Å². The summed E-state index contributed by atoms with van der Waals surface area (Å²) in [5.41, 5.74) is 8.79. The number of nitrogens with zero attached hydrogens (tertiary/aromatic N) is 4. The van der Waals surface area contributed by atoms with Crippen molar-refractivity contribution in [2.75, 3.05) is 7.11 Å². The van der Waals surface area contributed by atoms with E-state index >= 15 is 0 Å². The number of aromatic nitrogens is 4. The fourth-order valence-corrected chi connectivity index (χ4v) is 6.34.